The van der Waals surface area contributed by atoms with E-state index in [4.69, 9.17) is 5.11 Å². The van der Waals surface area contributed by atoms with Gasteiger partial charge in [0.25, 0.3) is 5.91 Å². The summed E-state index contributed by atoms with van der Waals surface area (Å²) in [5.41, 5.74) is 1.06. The Bertz CT molecular complexity index is 455. The van der Waals surface area contributed by atoms with Gasteiger partial charge in [0.1, 0.15) is 0 Å². The molecule has 1 amide bonds. The summed E-state index contributed by atoms with van der Waals surface area (Å²) < 4.78 is 0. The predicted molar refractivity (Wildman–Crippen MR) is 70.0 cm³/mol. The normalized spacial score (nSPS) is 19.8. The molecule has 2 heterocycles. The predicted octanol–water partition coefficient (Wildman–Crippen LogP) is 2.25. The maximum Gasteiger partial charge on any atom is 0.308 e. The van der Waals surface area contributed by atoms with Crippen LogP contribution in [0.25, 0.3) is 0 Å². The fourth-order valence-corrected chi connectivity index (χ4v) is 3.27. The number of carbonyl (C=O) groups is 2. The van der Waals surface area contributed by atoms with Gasteiger partial charge >= 0.3 is 5.97 Å². The third-order valence-electron chi connectivity index (χ3n) is 3.38. The van der Waals surface area contributed by atoms with Crippen LogP contribution in [-0.2, 0) is 11.2 Å². The van der Waals surface area contributed by atoms with Crippen LogP contribution in [-0.4, -0.2) is 35.0 Å². The number of likely N-dealkylation sites (tertiary alicyclic amines) is 1. The highest BCUT2D eigenvalue weighted by atomic mass is 32.1. The van der Waals surface area contributed by atoms with Gasteiger partial charge in [-0.15, -0.1) is 11.3 Å². The van der Waals surface area contributed by atoms with Gasteiger partial charge in [-0.05, 0) is 36.3 Å². The molecule has 0 bridgehead atoms. The molecule has 1 atom stereocenters. The molecule has 1 fully saturated rings. The van der Waals surface area contributed by atoms with Gasteiger partial charge < -0.3 is 10.0 Å². The molecular formula is C13H17NO3S. The maximum absolute atomic E-state index is 12.4. The van der Waals surface area contributed by atoms with Crippen LogP contribution in [0.1, 0.15) is 35.0 Å². The molecule has 1 aliphatic heterocycles. The van der Waals surface area contributed by atoms with Gasteiger partial charge in [0.15, 0.2) is 0 Å². The second kappa shape index (κ2) is 5.52. The van der Waals surface area contributed by atoms with Crippen molar-refractivity contribution in [2.24, 2.45) is 5.92 Å². The Hall–Kier alpha value is -1.36. The van der Waals surface area contributed by atoms with Crippen molar-refractivity contribution < 1.29 is 14.7 Å². The number of aliphatic carboxylic acids is 1. The lowest BCUT2D eigenvalue weighted by Crippen LogP contribution is -2.42. The monoisotopic (exact) mass is 267 g/mol. The quantitative estimate of drug-likeness (QED) is 0.913. The summed E-state index contributed by atoms with van der Waals surface area (Å²) in [5.74, 6) is -1.21. The van der Waals surface area contributed by atoms with Gasteiger partial charge in [-0.25, -0.2) is 0 Å². The standard InChI is InChI=1S/C13H17NO3S/c1-2-9-5-7-18-11(9)12(15)14-6-3-4-10(8-14)13(16)17/h5,7,10H,2-4,6,8H2,1H3,(H,16,17)/t10-/m1/s1. The Balaban J connectivity index is 2.11. The van der Waals surface area contributed by atoms with Crippen molar-refractivity contribution in [3.63, 3.8) is 0 Å². The number of hydrogen-bond acceptors (Lipinski definition) is 3. The van der Waals surface area contributed by atoms with Gasteiger partial charge in [0.05, 0.1) is 10.8 Å². The molecule has 2 rings (SSSR count). The Kier molecular flexibility index (Phi) is 4.01. The van der Waals surface area contributed by atoms with Gasteiger partial charge in [-0.2, -0.15) is 0 Å². The first kappa shape index (κ1) is 13.1. The molecule has 4 nitrogen and oxygen atoms in total. The summed E-state index contributed by atoms with van der Waals surface area (Å²) in [6.45, 7) is 3.04. The molecule has 1 aliphatic rings. The van der Waals surface area contributed by atoms with Crippen LogP contribution in [0.15, 0.2) is 11.4 Å². The Labute approximate surface area is 110 Å². The van der Waals surface area contributed by atoms with E-state index in [0.29, 0.717) is 19.5 Å². The number of piperidine rings is 1. The fraction of sp³-hybridized carbons (Fsp3) is 0.538. The highest BCUT2D eigenvalue weighted by Gasteiger charge is 2.29. The minimum atomic E-state index is -0.797. The van der Waals surface area contributed by atoms with E-state index in [1.807, 2.05) is 18.4 Å². The Morgan fingerprint density at radius 2 is 2.33 bits per heavy atom. The van der Waals surface area contributed by atoms with Crippen LogP contribution in [0, 0.1) is 5.92 Å². The van der Waals surface area contributed by atoms with Crippen LogP contribution < -0.4 is 0 Å². The lowest BCUT2D eigenvalue weighted by atomic mass is 9.98. The van der Waals surface area contributed by atoms with Crippen LogP contribution in [0.5, 0.6) is 0 Å². The maximum atomic E-state index is 12.4. The van der Waals surface area contributed by atoms with E-state index in [1.165, 1.54) is 11.3 Å². The number of aryl methyl sites for hydroxylation is 1. The van der Waals surface area contributed by atoms with Crippen molar-refractivity contribution in [1.82, 2.24) is 4.90 Å². The van der Waals surface area contributed by atoms with Crippen LogP contribution in [0.3, 0.4) is 0 Å². The lowest BCUT2D eigenvalue weighted by molar-refractivity contribution is -0.143. The van der Waals surface area contributed by atoms with Crippen LogP contribution in [0.2, 0.25) is 0 Å². The first-order valence-electron chi connectivity index (χ1n) is 6.22. The largest absolute Gasteiger partial charge is 0.481 e. The van der Waals surface area contributed by atoms with E-state index >= 15 is 0 Å². The first-order valence-corrected chi connectivity index (χ1v) is 7.10. The highest BCUT2D eigenvalue weighted by molar-refractivity contribution is 7.12. The average Bonchev–Trinajstić information content (AvgIpc) is 2.86. The second-order valence-electron chi connectivity index (χ2n) is 4.56. The van der Waals surface area contributed by atoms with Crippen LogP contribution in [0.4, 0.5) is 0 Å². The molecule has 0 unspecified atom stereocenters. The van der Waals surface area contributed by atoms with E-state index in [-0.39, 0.29) is 5.91 Å². The van der Waals surface area contributed by atoms with Crippen molar-refractivity contribution in [2.45, 2.75) is 26.2 Å². The molecule has 0 radical (unpaired) electrons. The third-order valence-corrected chi connectivity index (χ3v) is 4.32. The topological polar surface area (TPSA) is 57.6 Å². The minimum absolute atomic E-state index is 0.00667. The smallest absolute Gasteiger partial charge is 0.308 e. The number of rotatable bonds is 3. The summed E-state index contributed by atoms with van der Waals surface area (Å²) in [4.78, 5) is 25.8. The molecule has 18 heavy (non-hydrogen) atoms. The summed E-state index contributed by atoms with van der Waals surface area (Å²) >= 11 is 1.45. The van der Waals surface area contributed by atoms with Crippen molar-refractivity contribution >= 4 is 23.2 Å². The number of hydrogen-bond donors (Lipinski definition) is 1. The zero-order chi connectivity index (χ0) is 13.1. The van der Waals surface area contributed by atoms with E-state index in [0.717, 1.165) is 23.3 Å². The number of carboxylic acids is 1. The zero-order valence-electron chi connectivity index (χ0n) is 10.4. The molecule has 1 saturated heterocycles. The molecular weight excluding hydrogens is 250 g/mol. The van der Waals surface area contributed by atoms with Gasteiger partial charge in [0.2, 0.25) is 0 Å². The van der Waals surface area contributed by atoms with Gasteiger partial charge in [0, 0.05) is 13.1 Å². The first-order chi connectivity index (χ1) is 8.63. The van der Waals surface area contributed by atoms with E-state index in [9.17, 15) is 9.59 Å². The third kappa shape index (κ3) is 2.56. The number of thiophene rings is 1. The summed E-state index contributed by atoms with van der Waals surface area (Å²) in [5, 5.41) is 11.0. The molecule has 0 saturated carbocycles. The number of carbonyl (C=O) groups excluding carboxylic acids is 1. The van der Waals surface area contributed by atoms with Crippen molar-refractivity contribution in [3.8, 4) is 0 Å². The molecule has 0 spiro atoms. The molecule has 98 valence electrons. The highest BCUT2D eigenvalue weighted by Crippen LogP contribution is 2.23. The lowest BCUT2D eigenvalue weighted by Gasteiger charge is -2.30. The average molecular weight is 267 g/mol. The molecule has 1 N–H and O–H groups in total. The number of amides is 1. The summed E-state index contributed by atoms with van der Waals surface area (Å²) in [6, 6.07) is 1.97. The Morgan fingerprint density at radius 3 is 3.00 bits per heavy atom. The Morgan fingerprint density at radius 1 is 1.56 bits per heavy atom. The van der Waals surface area contributed by atoms with Gasteiger partial charge in [-0.1, -0.05) is 6.92 Å². The SMILES string of the molecule is CCc1ccsc1C(=O)N1CCC[C@@H](C(=O)O)C1. The molecule has 5 heteroatoms. The van der Waals surface area contributed by atoms with E-state index in [1.54, 1.807) is 4.90 Å². The minimum Gasteiger partial charge on any atom is -0.481 e. The van der Waals surface area contributed by atoms with E-state index in [2.05, 4.69) is 0 Å². The second-order valence-corrected chi connectivity index (χ2v) is 5.47. The van der Waals surface area contributed by atoms with Gasteiger partial charge in [-0.3, -0.25) is 9.59 Å². The number of carboxylic acid groups (broad SMARTS) is 1. The van der Waals surface area contributed by atoms with Crippen LogP contribution >= 0.6 is 11.3 Å². The molecule has 1 aromatic rings. The molecule has 0 aliphatic carbocycles. The summed E-state index contributed by atoms with van der Waals surface area (Å²) in [7, 11) is 0. The van der Waals surface area contributed by atoms with Crippen molar-refractivity contribution in [1.29, 1.82) is 0 Å². The fourth-order valence-electron chi connectivity index (χ4n) is 2.31. The zero-order valence-corrected chi connectivity index (χ0v) is 11.2. The molecule has 0 aromatic carbocycles. The summed E-state index contributed by atoms with van der Waals surface area (Å²) in [6.07, 6.45) is 2.28. The van der Waals surface area contributed by atoms with Crippen molar-refractivity contribution in [2.75, 3.05) is 13.1 Å². The molecule has 1 aromatic heterocycles. The van der Waals surface area contributed by atoms with Crippen molar-refractivity contribution in [3.05, 3.63) is 21.9 Å². The number of nitrogens with zero attached hydrogens (tertiary/aromatic N) is 1. The van der Waals surface area contributed by atoms with E-state index < -0.39 is 11.9 Å².